The van der Waals surface area contributed by atoms with E-state index in [2.05, 4.69) is 19.2 Å². The summed E-state index contributed by atoms with van der Waals surface area (Å²) in [7, 11) is 0. The quantitative estimate of drug-likeness (QED) is 0.196. The van der Waals surface area contributed by atoms with Crippen LogP contribution in [0.3, 0.4) is 0 Å². The molecule has 0 aromatic carbocycles. The molecule has 0 fully saturated rings. The van der Waals surface area contributed by atoms with Crippen LogP contribution in [0.1, 0.15) is 136 Å². The highest BCUT2D eigenvalue weighted by Gasteiger charge is 1.97. The molecule has 0 aliphatic heterocycles. The maximum Gasteiger partial charge on any atom is 0.312 e. The molecule has 3 heteroatoms. The van der Waals surface area contributed by atoms with Gasteiger partial charge in [-0.3, -0.25) is 0 Å². The summed E-state index contributed by atoms with van der Waals surface area (Å²) >= 11 is 0. The second kappa shape index (κ2) is 21.6. The molecule has 0 aliphatic carbocycles. The van der Waals surface area contributed by atoms with Crippen molar-refractivity contribution < 1.29 is 4.79 Å². The number of carbonyl (C=O) groups excluding carboxylic acids is 1. The predicted molar refractivity (Wildman–Crippen MR) is 120 cm³/mol. The summed E-state index contributed by atoms with van der Waals surface area (Å²) in [5.41, 5.74) is 5.03. The minimum atomic E-state index is -0.400. The van der Waals surface area contributed by atoms with Crippen molar-refractivity contribution in [2.75, 3.05) is 6.54 Å². The lowest BCUT2D eigenvalue weighted by Crippen LogP contribution is -2.29. The number of hydrogen-bond acceptors (Lipinski definition) is 1. The summed E-state index contributed by atoms with van der Waals surface area (Å²) in [5, 5.41) is 2.64. The zero-order valence-electron chi connectivity index (χ0n) is 18.7. The van der Waals surface area contributed by atoms with Crippen LogP contribution in [0.2, 0.25) is 0 Å². The molecule has 0 heterocycles. The van der Waals surface area contributed by atoms with Crippen LogP contribution < -0.4 is 11.1 Å². The minimum absolute atomic E-state index is 0.400. The Morgan fingerprint density at radius 3 is 1.19 bits per heavy atom. The molecule has 0 aromatic rings. The third-order valence-corrected chi connectivity index (χ3v) is 5.51. The lowest BCUT2D eigenvalue weighted by atomic mass is 10.0. The van der Waals surface area contributed by atoms with Crippen LogP contribution in [0, 0.1) is 5.92 Å². The van der Waals surface area contributed by atoms with Gasteiger partial charge in [0.05, 0.1) is 0 Å². The van der Waals surface area contributed by atoms with E-state index in [0.717, 1.165) is 18.9 Å². The van der Waals surface area contributed by atoms with Crippen LogP contribution >= 0.6 is 0 Å². The first-order chi connectivity index (χ1) is 13.1. The maximum atomic E-state index is 10.5. The fourth-order valence-electron chi connectivity index (χ4n) is 3.72. The highest BCUT2D eigenvalue weighted by Crippen LogP contribution is 2.15. The van der Waals surface area contributed by atoms with Crippen LogP contribution in [0.5, 0.6) is 0 Å². The van der Waals surface area contributed by atoms with Gasteiger partial charge in [-0.1, -0.05) is 129 Å². The van der Waals surface area contributed by atoms with Gasteiger partial charge < -0.3 is 11.1 Å². The number of carbonyl (C=O) groups is 1. The molecule has 2 amide bonds. The smallest absolute Gasteiger partial charge is 0.312 e. The molecule has 0 aromatic heterocycles. The third-order valence-electron chi connectivity index (χ3n) is 5.51. The van der Waals surface area contributed by atoms with Gasteiger partial charge in [0.25, 0.3) is 0 Å². The maximum absolute atomic E-state index is 10.5. The molecule has 162 valence electrons. The van der Waals surface area contributed by atoms with Gasteiger partial charge in [-0.15, -0.1) is 0 Å². The number of hydrogen-bond donors (Lipinski definition) is 2. The standard InChI is InChI=1S/C24H50N2O/c1-23(2)21-19-17-15-13-11-9-7-5-3-4-6-8-10-12-14-16-18-20-22-26-24(25)27/h23H,3-22H2,1-2H3,(H3,25,26,27). The molecule has 0 aliphatic rings. The molecule has 3 N–H and O–H groups in total. The van der Waals surface area contributed by atoms with Crippen LogP contribution in [-0.2, 0) is 0 Å². The Hall–Kier alpha value is -0.730. The largest absolute Gasteiger partial charge is 0.352 e. The lowest BCUT2D eigenvalue weighted by Gasteiger charge is -2.05. The van der Waals surface area contributed by atoms with Crippen molar-refractivity contribution >= 4 is 6.03 Å². The topological polar surface area (TPSA) is 55.1 Å². The second-order valence-corrected chi connectivity index (χ2v) is 8.84. The highest BCUT2D eigenvalue weighted by molar-refractivity contribution is 5.71. The number of nitrogens with two attached hydrogens (primary N) is 1. The van der Waals surface area contributed by atoms with Crippen molar-refractivity contribution in [1.82, 2.24) is 5.32 Å². The van der Waals surface area contributed by atoms with Gasteiger partial charge >= 0.3 is 6.03 Å². The number of urea groups is 1. The van der Waals surface area contributed by atoms with Gasteiger partial charge in [0.1, 0.15) is 0 Å². The molecule has 0 radical (unpaired) electrons. The average molecular weight is 383 g/mol. The molecule has 0 saturated heterocycles. The second-order valence-electron chi connectivity index (χ2n) is 8.84. The number of primary amides is 1. The van der Waals surface area contributed by atoms with Crippen LogP contribution in [0.15, 0.2) is 0 Å². The van der Waals surface area contributed by atoms with Gasteiger partial charge in [-0.2, -0.15) is 0 Å². The predicted octanol–water partition coefficient (Wildman–Crippen LogP) is 7.72. The van der Waals surface area contributed by atoms with E-state index < -0.39 is 6.03 Å². The van der Waals surface area contributed by atoms with E-state index >= 15 is 0 Å². The summed E-state index contributed by atoms with van der Waals surface area (Å²) < 4.78 is 0. The van der Waals surface area contributed by atoms with E-state index in [1.807, 2.05) is 0 Å². The number of nitrogens with one attached hydrogen (secondary N) is 1. The monoisotopic (exact) mass is 382 g/mol. The van der Waals surface area contributed by atoms with Gasteiger partial charge in [0.2, 0.25) is 0 Å². The van der Waals surface area contributed by atoms with Crippen molar-refractivity contribution in [3.63, 3.8) is 0 Å². The molecule has 0 rings (SSSR count). The van der Waals surface area contributed by atoms with Gasteiger partial charge in [0, 0.05) is 6.54 Å². The third kappa shape index (κ3) is 25.3. The molecular weight excluding hydrogens is 332 g/mol. The van der Waals surface area contributed by atoms with E-state index in [1.54, 1.807) is 0 Å². The van der Waals surface area contributed by atoms with Crippen molar-refractivity contribution in [2.45, 2.75) is 136 Å². The van der Waals surface area contributed by atoms with Gasteiger partial charge in [0.15, 0.2) is 0 Å². The molecule has 27 heavy (non-hydrogen) atoms. The average Bonchev–Trinajstić information content (AvgIpc) is 2.62. The molecule has 0 saturated carbocycles. The van der Waals surface area contributed by atoms with E-state index in [-0.39, 0.29) is 0 Å². The SMILES string of the molecule is CC(C)CCCCCCCCCCCCCCCCCCCCNC(N)=O. The van der Waals surface area contributed by atoms with Gasteiger partial charge in [-0.05, 0) is 12.3 Å². The zero-order valence-corrected chi connectivity index (χ0v) is 18.7. The zero-order chi connectivity index (χ0) is 20.0. The molecule has 0 atom stereocenters. The van der Waals surface area contributed by atoms with Gasteiger partial charge in [-0.25, -0.2) is 4.79 Å². The minimum Gasteiger partial charge on any atom is -0.352 e. The van der Waals surface area contributed by atoms with Crippen molar-refractivity contribution in [3.8, 4) is 0 Å². The summed E-state index contributed by atoms with van der Waals surface area (Å²) in [4.78, 5) is 10.5. The Balaban J connectivity index is 3.00. The highest BCUT2D eigenvalue weighted by atomic mass is 16.2. The van der Waals surface area contributed by atoms with Crippen LogP contribution in [0.4, 0.5) is 4.79 Å². The normalized spacial score (nSPS) is 11.2. The van der Waals surface area contributed by atoms with E-state index in [9.17, 15) is 4.79 Å². The number of unbranched alkanes of at least 4 members (excludes halogenated alkanes) is 17. The van der Waals surface area contributed by atoms with E-state index in [0.29, 0.717) is 0 Å². The van der Waals surface area contributed by atoms with Crippen LogP contribution in [0.25, 0.3) is 0 Å². The Bertz CT molecular complexity index is 305. The molecule has 0 bridgehead atoms. The molecular formula is C24H50N2O. The molecule has 3 nitrogen and oxygen atoms in total. The van der Waals surface area contributed by atoms with Crippen molar-refractivity contribution in [2.24, 2.45) is 11.7 Å². The van der Waals surface area contributed by atoms with E-state index in [4.69, 9.17) is 5.73 Å². The summed E-state index contributed by atoms with van der Waals surface area (Å²) in [5.74, 6) is 0.883. The summed E-state index contributed by atoms with van der Waals surface area (Å²) in [6, 6.07) is -0.400. The van der Waals surface area contributed by atoms with Crippen LogP contribution in [-0.4, -0.2) is 12.6 Å². The number of amides is 2. The fourth-order valence-corrected chi connectivity index (χ4v) is 3.72. The van der Waals surface area contributed by atoms with Crippen molar-refractivity contribution in [3.05, 3.63) is 0 Å². The first kappa shape index (κ1) is 26.3. The van der Waals surface area contributed by atoms with Crippen molar-refractivity contribution in [1.29, 1.82) is 0 Å². The fraction of sp³-hybridized carbons (Fsp3) is 0.958. The Kier molecular flexibility index (Phi) is 21.0. The lowest BCUT2D eigenvalue weighted by molar-refractivity contribution is 0.248. The molecule has 0 spiro atoms. The summed E-state index contributed by atoms with van der Waals surface area (Å²) in [6.45, 7) is 5.39. The Morgan fingerprint density at radius 2 is 0.889 bits per heavy atom. The first-order valence-corrected chi connectivity index (χ1v) is 12.2. The first-order valence-electron chi connectivity index (χ1n) is 12.2. The Morgan fingerprint density at radius 1 is 0.593 bits per heavy atom. The summed E-state index contributed by atoms with van der Waals surface area (Å²) in [6.07, 6.45) is 26.4. The Labute approximate surface area is 170 Å². The number of rotatable bonds is 21. The van der Waals surface area contributed by atoms with E-state index in [1.165, 1.54) is 116 Å². The molecule has 0 unspecified atom stereocenters.